The lowest BCUT2D eigenvalue weighted by molar-refractivity contribution is -0.116. The van der Waals surface area contributed by atoms with Crippen LogP contribution in [0.5, 0.6) is 11.5 Å². The number of pyridine rings is 1. The maximum Gasteiger partial charge on any atom is 0.226 e. The van der Waals surface area contributed by atoms with E-state index in [1.807, 2.05) is 36.4 Å². The number of ketones is 1. The predicted octanol–water partition coefficient (Wildman–Crippen LogP) is 3.38. The highest BCUT2D eigenvalue weighted by atomic mass is 16.5. The molecule has 0 saturated carbocycles. The fraction of sp³-hybridized carbons (Fsp3) is 0.273. The SMILES string of the molecule is COc1ccc(-c2nc3n(n2)C(c2ccccn2)C2=C(CCCC2=O)N3)cc1OC. The van der Waals surface area contributed by atoms with Gasteiger partial charge in [0.1, 0.15) is 6.04 Å². The Morgan fingerprint density at radius 2 is 1.97 bits per heavy atom. The lowest BCUT2D eigenvalue weighted by Gasteiger charge is -2.31. The van der Waals surface area contributed by atoms with Gasteiger partial charge < -0.3 is 14.8 Å². The number of Topliss-reactive ketones (excluding diaryl/α,β-unsaturated/α-hetero) is 1. The first-order valence-electron chi connectivity index (χ1n) is 9.82. The molecular weight excluding hydrogens is 382 g/mol. The van der Waals surface area contributed by atoms with Gasteiger partial charge in [-0.2, -0.15) is 4.98 Å². The zero-order valence-electron chi connectivity index (χ0n) is 16.8. The molecule has 3 heterocycles. The van der Waals surface area contributed by atoms with E-state index in [4.69, 9.17) is 19.6 Å². The highest BCUT2D eigenvalue weighted by molar-refractivity contribution is 5.99. The topological polar surface area (TPSA) is 91.2 Å². The van der Waals surface area contributed by atoms with Crippen LogP contribution in [0.15, 0.2) is 53.9 Å². The number of allylic oxidation sites excluding steroid dienone is 2. The Labute approximate surface area is 173 Å². The number of anilines is 1. The molecule has 1 unspecified atom stereocenters. The third kappa shape index (κ3) is 2.92. The zero-order valence-corrected chi connectivity index (χ0v) is 16.8. The molecule has 0 amide bonds. The molecule has 0 fully saturated rings. The van der Waals surface area contributed by atoms with Gasteiger partial charge in [-0.3, -0.25) is 9.78 Å². The van der Waals surface area contributed by atoms with Crippen LogP contribution in [-0.2, 0) is 4.79 Å². The number of nitrogens with zero attached hydrogens (tertiary/aromatic N) is 4. The first-order chi connectivity index (χ1) is 14.7. The van der Waals surface area contributed by atoms with Gasteiger partial charge in [0, 0.05) is 29.5 Å². The second-order valence-electron chi connectivity index (χ2n) is 7.22. The van der Waals surface area contributed by atoms with E-state index < -0.39 is 6.04 Å². The third-order valence-corrected chi connectivity index (χ3v) is 5.48. The van der Waals surface area contributed by atoms with Crippen LogP contribution in [0, 0.1) is 0 Å². The van der Waals surface area contributed by atoms with Crippen LogP contribution in [0.3, 0.4) is 0 Å². The first kappa shape index (κ1) is 18.4. The van der Waals surface area contributed by atoms with Crippen LogP contribution >= 0.6 is 0 Å². The fourth-order valence-electron chi connectivity index (χ4n) is 4.06. The number of hydrogen-bond donors (Lipinski definition) is 1. The molecule has 8 nitrogen and oxygen atoms in total. The summed E-state index contributed by atoms with van der Waals surface area (Å²) in [6.07, 6.45) is 3.91. The summed E-state index contributed by atoms with van der Waals surface area (Å²) >= 11 is 0. The van der Waals surface area contributed by atoms with Gasteiger partial charge in [-0.05, 0) is 43.2 Å². The molecular formula is C22H21N5O3. The number of hydrogen-bond acceptors (Lipinski definition) is 7. The number of carbonyl (C=O) groups is 1. The third-order valence-electron chi connectivity index (χ3n) is 5.48. The molecule has 1 aliphatic heterocycles. The molecule has 152 valence electrons. The molecule has 0 spiro atoms. The van der Waals surface area contributed by atoms with Crippen LogP contribution in [0.25, 0.3) is 11.4 Å². The summed E-state index contributed by atoms with van der Waals surface area (Å²) in [5.41, 5.74) is 3.21. The van der Waals surface area contributed by atoms with E-state index in [0.29, 0.717) is 29.7 Å². The van der Waals surface area contributed by atoms with Crippen molar-refractivity contribution in [3.05, 3.63) is 59.6 Å². The van der Waals surface area contributed by atoms with Crippen molar-refractivity contribution in [2.24, 2.45) is 0 Å². The quantitative estimate of drug-likeness (QED) is 0.714. The summed E-state index contributed by atoms with van der Waals surface area (Å²) in [7, 11) is 3.19. The highest BCUT2D eigenvalue weighted by Crippen LogP contribution is 2.40. The molecule has 5 rings (SSSR count). The van der Waals surface area contributed by atoms with E-state index in [1.54, 1.807) is 25.1 Å². The molecule has 0 saturated heterocycles. The molecule has 2 aromatic heterocycles. The molecule has 0 bridgehead atoms. The van der Waals surface area contributed by atoms with Gasteiger partial charge in [-0.15, -0.1) is 5.10 Å². The van der Waals surface area contributed by atoms with E-state index in [-0.39, 0.29) is 5.78 Å². The number of benzene rings is 1. The first-order valence-corrected chi connectivity index (χ1v) is 9.82. The number of nitrogens with one attached hydrogen (secondary N) is 1. The number of carbonyl (C=O) groups excluding carboxylic acids is 1. The van der Waals surface area contributed by atoms with Crippen LogP contribution in [0.2, 0.25) is 0 Å². The fourth-order valence-corrected chi connectivity index (χ4v) is 4.06. The molecule has 2 aliphatic rings. The molecule has 1 aliphatic carbocycles. The Bertz CT molecular complexity index is 1150. The van der Waals surface area contributed by atoms with Crippen LogP contribution in [0.4, 0.5) is 5.95 Å². The van der Waals surface area contributed by atoms with Crippen molar-refractivity contribution in [2.45, 2.75) is 25.3 Å². The largest absolute Gasteiger partial charge is 0.493 e. The number of fused-ring (bicyclic) bond motifs is 1. The number of aromatic nitrogens is 4. The van der Waals surface area contributed by atoms with Crippen LogP contribution in [-0.4, -0.2) is 39.8 Å². The Morgan fingerprint density at radius 3 is 2.73 bits per heavy atom. The smallest absolute Gasteiger partial charge is 0.226 e. The average molecular weight is 403 g/mol. The van der Waals surface area contributed by atoms with E-state index in [1.165, 1.54) is 0 Å². The van der Waals surface area contributed by atoms with Crippen LogP contribution in [0.1, 0.15) is 31.0 Å². The minimum Gasteiger partial charge on any atom is -0.493 e. The van der Waals surface area contributed by atoms with Crippen molar-refractivity contribution in [2.75, 3.05) is 19.5 Å². The monoisotopic (exact) mass is 403 g/mol. The zero-order chi connectivity index (χ0) is 20.7. The van der Waals surface area contributed by atoms with Gasteiger partial charge in [0.25, 0.3) is 0 Å². The molecule has 30 heavy (non-hydrogen) atoms. The molecule has 3 aromatic rings. The van der Waals surface area contributed by atoms with Gasteiger partial charge in [0.15, 0.2) is 23.1 Å². The minimum atomic E-state index is -0.397. The number of rotatable bonds is 4. The lowest BCUT2D eigenvalue weighted by atomic mass is 9.87. The van der Waals surface area contributed by atoms with Crippen molar-refractivity contribution in [1.82, 2.24) is 19.7 Å². The lowest BCUT2D eigenvalue weighted by Crippen LogP contribution is -2.32. The molecule has 8 heteroatoms. The predicted molar refractivity (Wildman–Crippen MR) is 110 cm³/mol. The van der Waals surface area contributed by atoms with Gasteiger partial charge in [-0.25, -0.2) is 4.68 Å². The van der Waals surface area contributed by atoms with Crippen molar-refractivity contribution in [1.29, 1.82) is 0 Å². The summed E-state index contributed by atoms with van der Waals surface area (Å²) in [5.74, 6) is 2.51. The van der Waals surface area contributed by atoms with Crippen molar-refractivity contribution in [3.63, 3.8) is 0 Å². The second kappa shape index (κ2) is 7.29. The van der Waals surface area contributed by atoms with Gasteiger partial charge in [0.2, 0.25) is 5.95 Å². The van der Waals surface area contributed by atoms with Gasteiger partial charge in [0.05, 0.1) is 19.9 Å². The summed E-state index contributed by atoms with van der Waals surface area (Å²) in [6, 6.07) is 10.9. The standard InChI is InChI=1S/C22H21N5O3/c1-29-17-10-9-13(12-18(17)30-2)21-25-22-24-14-7-5-8-16(28)19(14)20(27(22)26-21)15-6-3-4-11-23-15/h3-4,6,9-12,20H,5,7-8H2,1-2H3,(H,24,25,26). The Morgan fingerprint density at radius 1 is 1.10 bits per heavy atom. The Balaban J connectivity index is 1.64. The average Bonchev–Trinajstić information content (AvgIpc) is 3.21. The number of ether oxygens (including phenoxy) is 2. The van der Waals surface area contributed by atoms with E-state index in [9.17, 15) is 4.79 Å². The van der Waals surface area contributed by atoms with E-state index in [0.717, 1.165) is 35.4 Å². The molecule has 1 atom stereocenters. The summed E-state index contributed by atoms with van der Waals surface area (Å²) < 4.78 is 12.5. The van der Waals surface area contributed by atoms with Crippen molar-refractivity contribution < 1.29 is 14.3 Å². The normalized spacial score (nSPS) is 17.8. The molecule has 1 N–H and O–H groups in total. The second-order valence-corrected chi connectivity index (χ2v) is 7.22. The number of methoxy groups -OCH3 is 2. The maximum atomic E-state index is 12.8. The van der Waals surface area contributed by atoms with Gasteiger partial charge in [-0.1, -0.05) is 6.07 Å². The Hall–Kier alpha value is -3.68. The molecule has 0 radical (unpaired) electrons. The maximum absolute atomic E-state index is 12.8. The summed E-state index contributed by atoms with van der Waals surface area (Å²) in [6.45, 7) is 0. The Kier molecular flexibility index (Phi) is 4.46. The van der Waals surface area contributed by atoms with Gasteiger partial charge >= 0.3 is 0 Å². The molecule has 1 aromatic carbocycles. The summed E-state index contributed by atoms with van der Waals surface area (Å²) in [5, 5.41) is 8.09. The van der Waals surface area contributed by atoms with E-state index >= 15 is 0 Å². The minimum absolute atomic E-state index is 0.133. The summed E-state index contributed by atoms with van der Waals surface area (Å²) in [4.78, 5) is 22.1. The van der Waals surface area contributed by atoms with Crippen molar-refractivity contribution >= 4 is 11.7 Å². The highest BCUT2D eigenvalue weighted by Gasteiger charge is 2.37. The van der Waals surface area contributed by atoms with Crippen molar-refractivity contribution in [3.8, 4) is 22.9 Å². The van der Waals surface area contributed by atoms with Crippen LogP contribution < -0.4 is 14.8 Å². The van der Waals surface area contributed by atoms with E-state index in [2.05, 4.69) is 10.3 Å².